The summed E-state index contributed by atoms with van der Waals surface area (Å²) in [5, 5.41) is 0. The second-order valence-electron chi connectivity index (χ2n) is 5.41. The van der Waals surface area contributed by atoms with Crippen molar-refractivity contribution in [3.63, 3.8) is 0 Å². The van der Waals surface area contributed by atoms with Gasteiger partial charge in [0.2, 0.25) is 0 Å². The summed E-state index contributed by atoms with van der Waals surface area (Å²) in [7, 11) is 1.71. The average molecular weight is 284 g/mol. The number of hydrogen-bond donors (Lipinski definition) is 0. The fourth-order valence-corrected chi connectivity index (χ4v) is 2.33. The van der Waals surface area contributed by atoms with Crippen molar-refractivity contribution in [3.05, 3.63) is 66.1 Å². The van der Waals surface area contributed by atoms with Gasteiger partial charge < -0.3 is 9.15 Å². The monoisotopic (exact) mass is 284 g/mol. The normalized spacial score (nSPS) is 12.7. The van der Waals surface area contributed by atoms with Gasteiger partial charge in [0.05, 0.1) is 13.4 Å². The van der Waals surface area contributed by atoms with E-state index in [1.165, 1.54) is 5.56 Å². The van der Waals surface area contributed by atoms with E-state index < -0.39 is 0 Å². The molecule has 0 N–H and O–H groups in total. The van der Waals surface area contributed by atoms with Crippen molar-refractivity contribution >= 4 is 0 Å². The molecule has 2 rings (SSSR count). The summed E-state index contributed by atoms with van der Waals surface area (Å²) in [6, 6.07) is 12.3. The molecule has 1 unspecified atom stereocenters. The highest BCUT2D eigenvalue weighted by atomic mass is 16.5. The van der Waals surface area contributed by atoms with Crippen LogP contribution in [0.15, 0.2) is 59.2 Å². The number of methoxy groups -OCH3 is 1. The molecule has 0 fully saturated rings. The predicted octanol–water partition coefficient (Wildman–Crippen LogP) is 5.05. The summed E-state index contributed by atoms with van der Waals surface area (Å²) < 4.78 is 10.6. The van der Waals surface area contributed by atoms with Crippen LogP contribution in [0.1, 0.15) is 31.1 Å². The zero-order chi connectivity index (χ0) is 14.9. The van der Waals surface area contributed by atoms with E-state index in [-0.39, 0.29) is 0 Å². The van der Waals surface area contributed by atoms with Gasteiger partial charge in [-0.1, -0.05) is 31.2 Å². The maximum atomic E-state index is 5.35. The fourth-order valence-electron chi connectivity index (χ4n) is 2.33. The summed E-state index contributed by atoms with van der Waals surface area (Å²) in [5.41, 5.74) is 1.32. The van der Waals surface area contributed by atoms with Crippen LogP contribution in [-0.4, -0.2) is 7.11 Å². The highest BCUT2D eigenvalue weighted by Crippen LogP contribution is 2.15. The maximum absolute atomic E-state index is 5.35. The maximum Gasteiger partial charge on any atom is 0.119 e. The number of ether oxygens (including phenoxy) is 1. The summed E-state index contributed by atoms with van der Waals surface area (Å²) >= 11 is 0. The molecular formula is C19H24O2. The Bertz CT molecular complexity index is 540. The SMILES string of the molecule is COc1cccc(CCC=CC(C)CCc2ccco2)c1. The standard InChI is InChI=1S/C19H24O2/c1-16(12-13-18-11-6-14-21-18)7-3-4-8-17-9-5-10-19(15-17)20-2/h3,5-7,9-11,14-16H,4,8,12-13H2,1-2H3. The lowest BCUT2D eigenvalue weighted by atomic mass is 10.0. The smallest absolute Gasteiger partial charge is 0.119 e. The van der Waals surface area contributed by atoms with E-state index >= 15 is 0 Å². The molecule has 0 spiro atoms. The minimum absolute atomic E-state index is 0.584. The first-order valence-corrected chi connectivity index (χ1v) is 7.60. The van der Waals surface area contributed by atoms with Crippen molar-refractivity contribution in [3.8, 4) is 5.75 Å². The molecule has 0 aliphatic carbocycles. The molecule has 0 saturated carbocycles. The number of aryl methyl sites for hydroxylation is 2. The van der Waals surface area contributed by atoms with Crippen molar-refractivity contribution in [2.24, 2.45) is 5.92 Å². The van der Waals surface area contributed by atoms with Gasteiger partial charge in [0, 0.05) is 6.42 Å². The molecule has 1 aromatic heterocycles. The summed E-state index contributed by atoms with van der Waals surface area (Å²) in [6.45, 7) is 2.25. The first-order chi connectivity index (χ1) is 10.3. The van der Waals surface area contributed by atoms with Gasteiger partial charge in [-0.25, -0.2) is 0 Å². The molecule has 0 radical (unpaired) electrons. The fraction of sp³-hybridized carbons (Fsp3) is 0.368. The minimum atomic E-state index is 0.584. The van der Waals surface area contributed by atoms with E-state index in [1.807, 2.05) is 24.3 Å². The van der Waals surface area contributed by atoms with Crippen LogP contribution < -0.4 is 4.74 Å². The zero-order valence-corrected chi connectivity index (χ0v) is 12.9. The van der Waals surface area contributed by atoms with Gasteiger partial charge in [0.1, 0.15) is 11.5 Å². The van der Waals surface area contributed by atoms with Crippen molar-refractivity contribution < 1.29 is 9.15 Å². The lowest BCUT2D eigenvalue weighted by Crippen LogP contribution is -1.93. The molecule has 1 atom stereocenters. The molecule has 0 aliphatic heterocycles. The molecule has 0 bridgehead atoms. The number of rotatable bonds is 8. The largest absolute Gasteiger partial charge is 0.497 e. The molecular weight excluding hydrogens is 260 g/mol. The second-order valence-corrected chi connectivity index (χ2v) is 5.41. The van der Waals surface area contributed by atoms with E-state index in [0.717, 1.165) is 37.2 Å². The lowest BCUT2D eigenvalue weighted by molar-refractivity contribution is 0.414. The van der Waals surface area contributed by atoms with Gasteiger partial charge >= 0.3 is 0 Å². The summed E-state index contributed by atoms with van der Waals surface area (Å²) in [5.74, 6) is 2.59. The van der Waals surface area contributed by atoms with E-state index in [0.29, 0.717) is 5.92 Å². The van der Waals surface area contributed by atoms with Crippen LogP contribution in [0, 0.1) is 5.92 Å². The Hall–Kier alpha value is -1.96. The van der Waals surface area contributed by atoms with E-state index in [1.54, 1.807) is 13.4 Å². The first-order valence-electron chi connectivity index (χ1n) is 7.60. The molecule has 0 aliphatic rings. The van der Waals surface area contributed by atoms with Gasteiger partial charge in [-0.2, -0.15) is 0 Å². The van der Waals surface area contributed by atoms with Crippen LogP contribution in [0.2, 0.25) is 0 Å². The molecule has 0 amide bonds. The van der Waals surface area contributed by atoms with Gasteiger partial charge in [0.15, 0.2) is 0 Å². The Morgan fingerprint density at radius 1 is 1.19 bits per heavy atom. The average Bonchev–Trinajstić information content (AvgIpc) is 3.03. The summed E-state index contributed by atoms with van der Waals surface area (Å²) in [4.78, 5) is 0. The van der Waals surface area contributed by atoms with Crippen LogP contribution in [0.3, 0.4) is 0 Å². The number of allylic oxidation sites excluding steroid dienone is 2. The molecule has 0 saturated heterocycles. The number of furan rings is 1. The Morgan fingerprint density at radius 3 is 2.86 bits per heavy atom. The predicted molar refractivity (Wildman–Crippen MR) is 86.6 cm³/mol. The van der Waals surface area contributed by atoms with Crippen LogP contribution in [0.25, 0.3) is 0 Å². The molecule has 2 aromatic rings. The molecule has 2 heteroatoms. The van der Waals surface area contributed by atoms with Crippen LogP contribution in [-0.2, 0) is 12.8 Å². The second kappa shape index (κ2) is 8.35. The van der Waals surface area contributed by atoms with Gasteiger partial charge in [0.25, 0.3) is 0 Å². The van der Waals surface area contributed by atoms with E-state index in [4.69, 9.17) is 9.15 Å². The highest BCUT2D eigenvalue weighted by Gasteiger charge is 2.00. The third-order valence-corrected chi connectivity index (χ3v) is 3.62. The van der Waals surface area contributed by atoms with E-state index in [9.17, 15) is 0 Å². The number of hydrogen-bond acceptors (Lipinski definition) is 2. The van der Waals surface area contributed by atoms with Crippen molar-refractivity contribution in [1.29, 1.82) is 0 Å². The van der Waals surface area contributed by atoms with Crippen molar-refractivity contribution in [1.82, 2.24) is 0 Å². The topological polar surface area (TPSA) is 22.4 Å². The molecule has 1 heterocycles. The highest BCUT2D eigenvalue weighted by molar-refractivity contribution is 5.28. The minimum Gasteiger partial charge on any atom is -0.497 e. The van der Waals surface area contributed by atoms with Crippen molar-refractivity contribution in [2.75, 3.05) is 7.11 Å². The van der Waals surface area contributed by atoms with Crippen LogP contribution >= 0.6 is 0 Å². The quantitative estimate of drug-likeness (QED) is 0.633. The summed E-state index contributed by atoms with van der Waals surface area (Å²) in [6.07, 6.45) is 10.6. The van der Waals surface area contributed by atoms with Crippen LogP contribution in [0.4, 0.5) is 0 Å². The third kappa shape index (κ3) is 5.50. The molecule has 112 valence electrons. The van der Waals surface area contributed by atoms with Crippen molar-refractivity contribution in [2.45, 2.75) is 32.6 Å². The Kier molecular flexibility index (Phi) is 6.14. The van der Waals surface area contributed by atoms with Gasteiger partial charge in [-0.05, 0) is 55.0 Å². The van der Waals surface area contributed by atoms with Gasteiger partial charge in [-0.15, -0.1) is 0 Å². The Morgan fingerprint density at radius 2 is 2.10 bits per heavy atom. The lowest BCUT2D eigenvalue weighted by Gasteiger charge is -2.05. The Balaban J connectivity index is 1.69. The Labute approximate surface area is 127 Å². The third-order valence-electron chi connectivity index (χ3n) is 3.62. The zero-order valence-electron chi connectivity index (χ0n) is 12.9. The molecule has 21 heavy (non-hydrogen) atoms. The van der Waals surface area contributed by atoms with Crippen LogP contribution in [0.5, 0.6) is 5.75 Å². The van der Waals surface area contributed by atoms with E-state index in [2.05, 4.69) is 31.2 Å². The first kappa shape index (κ1) is 15.4. The molecule has 2 nitrogen and oxygen atoms in total. The molecule has 1 aromatic carbocycles. The number of benzene rings is 1. The van der Waals surface area contributed by atoms with Gasteiger partial charge in [-0.3, -0.25) is 0 Å².